The average Bonchev–Trinajstić information content (AvgIpc) is 2.20. The Labute approximate surface area is 86.5 Å². The Morgan fingerprint density at radius 1 is 1.27 bits per heavy atom. The molecule has 3 N–H and O–H groups in total. The first-order valence-electron chi connectivity index (χ1n) is 4.52. The summed E-state index contributed by atoms with van der Waals surface area (Å²) in [5, 5.41) is 8.72. The molecule has 1 aromatic carbocycles. The number of aliphatic hydroxyl groups is 1. The standard InChI is InChI=1S/C10H13F2NO2/c11-10(12)15-9-3-1-7(2-4-9)5-8(13)6-14/h1-4,8,10,14H,5-6,13H2. The van der Waals surface area contributed by atoms with Crippen LogP contribution in [0.1, 0.15) is 5.56 Å². The van der Waals surface area contributed by atoms with Crippen molar-refractivity contribution in [3.05, 3.63) is 29.8 Å². The zero-order valence-electron chi connectivity index (χ0n) is 8.07. The van der Waals surface area contributed by atoms with Crippen molar-refractivity contribution in [1.82, 2.24) is 0 Å². The van der Waals surface area contributed by atoms with Gasteiger partial charge in [0, 0.05) is 6.04 Å². The molecule has 1 rings (SSSR count). The van der Waals surface area contributed by atoms with Gasteiger partial charge in [0.2, 0.25) is 0 Å². The molecule has 15 heavy (non-hydrogen) atoms. The maximum Gasteiger partial charge on any atom is 0.387 e. The molecule has 84 valence electrons. The van der Waals surface area contributed by atoms with Crippen molar-refractivity contribution in [2.24, 2.45) is 5.73 Å². The fraction of sp³-hybridized carbons (Fsp3) is 0.400. The summed E-state index contributed by atoms with van der Waals surface area (Å²) in [7, 11) is 0. The van der Waals surface area contributed by atoms with Gasteiger partial charge in [-0.2, -0.15) is 8.78 Å². The molecular formula is C10H13F2NO2. The molecule has 0 amide bonds. The summed E-state index contributed by atoms with van der Waals surface area (Å²) in [6, 6.07) is 5.87. The zero-order chi connectivity index (χ0) is 11.3. The molecule has 0 spiro atoms. The number of alkyl halides is 2. The number of nitrogens with two attached hydrogens (primary N) is 1. The minimum atomic E-state index is -2.81. The van der Waals surface area contributed by atoms with Crippen LogP contribution in [0.4, 0.5) is 8.78 Å². The lowest BCUT2D eigenvalue weighted by Crippen LogP contribution is -2.26. The lowest BCUT2D eigenvalue weighted by Gasteiger charge is -2.09. The molecule has 1 aromatic rings. The summed E-state index contributed by atoms with van der Waals surface area (Å²) in [6.45, 7) is -2.91. The first-order valence-corrected chi connectivity index (χ1v) is 4.52. The molecule has 1 unspecified atom stereocenters. The van der Waals surface area contributed by atoms with Gasteiger partial charge in [0.25, 0.3) is 0 Å². The maximum atomic E-state index is 11.8. The first-order chi connectivity index (χ1) is 7.11. The Balaban J connectivity index is 2.56. The fourth-order valence-electron chi connectivity index (χ4n) is 1.17. The molecule has 0 heterocycles. The molecule has 1 atom stereocenters. The van der Waals surface area contributed by atoms with Gasteiger partial charge in [-0.3, -0.25) is 0 Å². The van der Waals surface area contributed by atoms with Crippen molar-refractivity contribution in [2.75, 3.05) is 6.61 Å². The molecule has 0 aromatic heterocycles. The molecule has 5 heteroatoms. The van der Waals surface area contributed by atoms with Crippen LogP contribution in [0.2, 0.25) is 0 Å². The Kier molecular flexibility index (Phi) is 4.45. The SMILES string of the molecule is NC(CO)Cc1ccc(OC(F)F)cc1. The van der Waals surface area contributed by atoms with Crippen LogP contribution >= 0.6 is 0 Å². The predicted molar refractivity (Wildman–Crippen MR) is 51.8 cm³/mol. The maximum absolute atomic E-state index is 11.8. The Bertz CT molecular complexity index is 290. The van der Waals surface area contributed by atoms with Gasteiger partial charge in [-0.05, 0) is 24.1 Å². The van der Waals surface area contributed by atoms with E-state index < -0.39 is 6.61 Å². The molecule has 0 radical (unpaired) electrons. The Hall–Kier alpha value is -1.20. The van der Waals surface area contributed by atoms with E-state index in [1.807, 2.05) is 0 Å². The normalized spacial score (nSPS) is 12.9. The lowest BCUT2D eigenvalue weighted by atomic mass is 10.1. The van der Waals surface area contributed by atoms with Gasteiger partial charge in [-0.15, -0.1) is 0 Å². The highest BCUT2D eigenvalue weighted by molar-refractivity contribution is 5.27. The molecule has 0 bridgehead atoms. The van der Waals surface area contributed by atoms with Crippen LogP contribution < -0.4 is 10.5 Å². The topological polar surface area (TPSA) is 55.5 Å². The molecule has 0 aliphatic heterocycles. The number of halogens is 2. The van der Waals surface area contributed by atoms with E-state index in [1.165, 1.54) is 12.1 Å². The third-order valence-corrected chi connectivity index (χ3v) is 1.88. The third kappa shape index (κ3) is 4.22. The van der Waals surface area contributed by atoms with Crippen molar-refractivity contribution in [3.8, 4) is 5.75 Å². The second kappa shape index (κ2) is 5.63. The second-order valence-corrected chi connectivity index (χ2v) is 3.17. The van der Waals surface area contributed by atoms with Gasteiger partial charge >= 0.3 is 6.61 Å². The molecule has 3 nitrogen and oxygen atoms in total. The molecule has 0 fully saturated rings. The average molecular weight is 217 g/mol. The molecule has 0 saturated heterocycles. The summed E-state index contributed by atoms with van der Waals surface area (Å²) in [4.78, 5) is 0. The monoisotopic (exact) mass is 217 g/mol. The highest BCUT2D eigenvalue weighted by atomic mass is 19.3. The van der Waals surface area contributed by atoms with Gasteiger partial charge in [-0.25, -0.2) is 0 Å². The Morgan fingerprint density at radius 3 is 2.33 bits per heavy atom. The summed E-state index contributed by atoms with van der Waals surface area (Å²) in [6.07, 6.45) is 0.505. The zero-order valence-corrected chi connectivity index (χ0v) is 8.07. The van der Waals surface area contributed by atoms with E-state index in [4.69, 9.17) is 10.8 Å². The number of aliphatic hydroxyl groups excluding tert-OH is 1. The molecule has 0 saturated carbocycles. The van der Waals surface area contributed by atoms with Crippen molar-refractivity contribution in [1.29, 1.82) is 0 Å². The smallest absolute Gasteiger partial charge is 0.387 e. The van der Waals surface area contributed by atoms with Crippen molar-refractivity contribution in [2.45, 2.75) is 19.1 Å². The van der Waals surface area contributed by atoms with Crippen LogP contribution in [0.3, 0.4) is 0 Å². The quantitative estimate of drug-likeness (QED) is 0.777. The highest BCUT2D eigenvalue weighted by Crippen LogP contribution is 2.15. The van der Waals surface area contributed by atoms with Crippen molar-refractivity contribution < 1.29 is 18.6 Å². The van der Waals surface area contributed by atoms with Crippen molar-refractivity contribution in [3.63, 3.8) is 0 Å². The summed E-state index contributed by atoms with van der Waals surface area (Å²) < 4.78 is 27.8. The van der Waals surface area contributed by atoms with E-state index in [9.17, 15) is 8.78 Å². The van der Waals surface area contributed by atoms with Crippen LogP contribution in [0, 0.1) is 0 Å². The second-order valence-electron chi connectivity index (χ2n) is 3.17. The minimum Gasteiger partial charge on any atom is -0.435 e. The van der Waals surface area contributed by atoms with Gasteiger partial charge in [0.1, 0.15) is 5.75 Å². The van der Waals surface area contributed by atoms with E-state index in [0.29, 0.717) is 6.42 Å². The summed E-state index contributed by atoms with van der Waals surface area (Å²) in [5.41, 5.74) is 6.40. The van der Waals surface area contributed by atoms with Crippen LogP contribution in [0.25, 0.3) is 0 Å². The molecular weight excluding hydrogens is 204 g/mol. The number of ether oxygens (including phenoxy) is 1. The van der Waals surface area contributed by atoms with E-state index in [2.05, 4.69) is 4.74 Å². The number of hydrogen-bond acceptors (Lipinski definition) is 3. The van der Waals surface area contributed by atoms with Crippen LogP contribution in [0.15, 0.2) is 24.3 Å². The van der Waals surface area contributed by atoms with Gasteiger partial charge in [0.05, 0.1) is 6.61 Å². The van der Waals surface area contributed by atoms with Gasteiger partial charge in [-0.1, -0.05) is 12.1 Å². The lowest BCUT2D eigenvalue weighted by molar-refractivity contribution is -0.0498. The third-order valence-electron chi connectivity index (χ3n) is 1.88. The van der Waals surface area contributed by atoms with Gasteiger partial charge < -0.3 is 15.6 Å². The minimum absolute atomic E-state index is 0.102. The van der Waals surface area contributed by atoms with E-state index >= 15 is 0 Å². The number of hydrogen-bond donors (Lipinski definition) is 2. The van der Waals surface area contributed by atoms with Crippen LogP contribution in [-0.4, -0.2) is 24.4 Å². The predicted octanol–water partition coefficient (Wildman–Crippen LogP) is 1.15. The van der Waals surface area contributed by atoms with E-state index in [1.54, 1.807) is 12.1 Å². The first kappa shape index (κ1) is 11.9. The molecule has 0 aliphatic carbocycles. The van der Waals surface area contributed by atoms with E-state index in [-0.39, 0.29) is 18.4 Å². The highest BCUT2D eigenvalue weighted by Gasteiger charge is 2.05. The van der Waals surface area contributed by atoms with Crippen LogP contribution in [0.5, 0.6) is 5.75 Å². The molecule has 0 aliphatic rings. The largest absolute Gasteiger partial charge is 0.435 e. The van der Waals surface area contributed by atoms with Gasteiger partial charge in [0.15, 0.2) is 0 Å². The fourth-order valence-corrected chi connectivity index (χ4v) is 1.17. The number of benzene rings is 1. The summed E-state index contributed by atoms with van der Waals surface area (Å²) >= 11 is 0. The van der Waals surface area contributed by atoms with E-state index in [0.717, 1.165) is 5.56 Å². The Morgan fingerprint density at radius 2 is 1.87 bits per heavy atom. The number of rotatable bonds is 5. The van der Waals surface area contributed by atoms with Crippen LogP contribution in [-0.2, 0) is 6.42 Å². The summed E-state index contributed by atoms with van der Waals surface area (Å²) in [5.74, 6) is 0.117. The van der Waals surface area contributed by atoms with Crippen molar-refractivity contribution >= 4 is 0 Å².